The fourth-order valence-corrected chi connectivity index (χ4v) is 2.66. The molecule has 6 heteroatoms. The Kier molecular flexibility index (Phi) is 4.24. The van der Waals surface area contributed by atoms with Gasteiger partial charge in [0.2, 0.25) is 5.91 Å². The number of halogens is 2. The zero-order valence-electron chi connectivity index (χ0n) is 8.95. The van der Waals surface area contributed by atoms with E-state index < -0.39 is 0 Å². The van der Waals surface area contributed by atoms with Crippen molar-refractivity contribution in [2.45, 2.75) is 6.04 Å². The number of nitrogens with two attached hydrogens (primary N) is 1. The van der Waals surface area contributed by atoms with Crippen LogP contribution in [0.3, 0.4) is 0 Å². The van der Waals surface area contributed by atoms with Crippen molar-refractivity contribution < 1.29 is 9.53 Å². The van der Waals surface area contributed by atoms with Crippen LogP contribution in [-0.4, -0.2) is 25.2 Å². The molecular formula is C11H12ClIN2O2. The van der Waals surface area contributed by atoms with E-state index in [9.17, 15) is 4.79 Å². The van der Waals surface area contributed by atoms with Crippen LogP contribution in [-0.2, 0) is 9.53 Å². The molecule has 1 aliphatic rings. The van der Waals surface area contributed by atoms with Crippen LogP contribution in [0, 0.1) is 9.49 Å². The summed E-state index contributed by atoms with van der Waals surface area (Å²) in [5.74, 6) is -0.378. The van der Waals surface area contributed by atoms with Crippen molar-refractivity contribution in [2.75, 3.05) is 18.5 Å². The number of carbonyl (C=O) groups is 1. The zero-order valence-corrected chi connectivity index (χ0v) is 11.9. The molecule has 92 valence electrons. The molecule has 1 aliphatic heterocycles. The summed E-state index contributed by atoms with van der Waals surface area (Å²) in [6, 6.07) is 5.09. The quantitative estimate of drug-likeness (QED) is 0.785. The number of ether oxygens (including phenoxy) is 1. The maximum Gasteiger partial charge on any atom is 0.231 e. The molecule has 1 aromatic rings. The molecule has 2 rings (SSSR count). The van der Waals surface area contributed by atoms with Gasteiger partial charge in [0, 0.05) is 14.6 Å². The highest BCUT2D eigenvalue weighted by Gasteiger charge is 2.31. The van der Waals surface area contributed by atoms with Crippen LogP contribution in [0.15, 0.2) is 18.2 Å². The maximum atomic E-state index is 12.0. The minimum Gasteiger partial charge on any atom is -0.379 e. The van der Waals surface area contributed by atoms with Crippen molar-refractivity contribution in [1.29, 1.82) is 0 Å². The molecule has 0 aliphatic carbocycles. The van der Waals surface area contributed by atoms with Gasteiger partial charge >= 0.3 is 0 Å². The van der Waals surface area contributed by atoms with Crippen molar-refractivity contribution in [1.82, 2.24) is 0 Å². The standard InChI is InChI=1S/C11H12ClIN2O2/c12-6-1-2-10(8(13)3-6)15-11(16)7-4-17-5-9(7)14/h1-3,7,9H,4-5,14H2,(H,15,16). The number of carbonyl (C=O) groups excluding carboxylic acids is 1. The molecule has 0 aromatic heterocycles. The van der Waals surface area contributed by atoms with Gasteiger partial charge in [-0.2, -0.15) is 0 Å². The number of anilines is 1. The first kappa shape index (κ1) is 13.1. The SMILES string of the molecule is NC1COCC1C(=O)Nc1ccc(Cl)cc1I. The van der Waals surface area contributed by atoms with Crippen molar-refractivity contribution in [3.8, 4) is 0 Å². The van der Waals surface area contributed by atoms with Gasteiger partial charge in [-0.15, -0.1) is 0 Å². The van der Waals surface area contributed by atoms with E-state index >= 15 is 0 Å². The molecule has 17 heavy (non-hydrogen) atoms. The van der Waals surface area contributed by atoms with E-state index in [1.54, 1.807) is 18.2 Å². The van der Waals surface area contributed by atoms with E-state index in [1.807, 2.05) is 0 Å². The first-order chi connectivity index (χ1) is 8.08. The number of benzene rings is 1. The summed E-state index contributed by atoms with van der Waals surface area (Å²) in [7, 11) is 0. The number of amides is 1. The zero-order chi connectivity index (χ0) is 12.4. The number of hydrogen-bond acceptors (Lipinski definition) is 3. The highest BCUT2D eigenvalue weighted by Crippen LogP contribution is 2.23. The fraction of sp³-hybridized carbons (Fsp3) is 0.364. The molecule has 2 unspecified atom stereocenters. The maximum absolute atomic E-state index is 12.0. The van der Waals surface area contributed by atoms with Crippen molar-refractivity contribution >= 4 is 45.8 Å². The predicted octanol–water partition coefficient (Wildman–Crippen LogP) is 1.86. The molecule has 1 fully saturated rings. The predicted molar refractivity (Wildman–Crippen MR) is 75.1 cm³/mol. The lowest BCUT2D eigenvalue weighted by Gasteiger charge is -2.14. The lowest BCUT2D eigenvalue weighted by Crippen LogP contribution is -2.37. The van der Waals surface area contributed by atoms with Gasteiger partial charge in [0.25, 0.3) is 0 Å². The highest BCUT2D eigenvalue weighted by molar-refractivity contribution is 14.1. The number of rotatable bonds is 2. The molecule has 4 nitrogen and oxygen atoms in total. The van der Waals surface area contributed by atoms with Crippen molar-refractivity contribution in [3.63, 3.8) is 0 Å². The molecule has 1 amide bonds. The van der Waals surface area contributed by atoms with Crippen LogP contribution in [0.25, 0.3) is 0 Å². The molecule has 0 bridgehead atoms. The average molecular weight is 367 g/mol. The van der Waals surface area contributed by atoms with Gasteiger partial charge in [-0.3, -0.25) is 4.79 Å². The average Bonchev–Trinajstić information content (AvgIpc) is 2.68. The largest absolute Gasteiger partial charge is 0.379 e. The number of hydrogen-bond donors (Lipinski definition) is 2. The van der Waals surface area contributed by atoms with Gasteiger partial charge in [0.1, 0.15) is 0 Å². The van der Waals surface area contributed by atoms with E-state index in [2.05, 4.69) is 27.9 Å². The summed E-state index contributed by atoms with van der Waals surface area (Å²) < 4.78 is 6.07. The van der Waals surface area contributed by atoms with Crippen molar-refractivity contribution in [3.05, 3.63) is 26.8 Å². The van der Waals surface area contributed by atoms with E-state index in [4.69, 9.17) is 22.1 Å². The van der Waals surface area contributed by atoms with Gasteiger partial charge in [0.15, 0.2) is 0 Å². The van der Waals surface area contributed by atoms with Crippen LogP contribution in [0.1, 0.15) is 0 Å². The van der Waals surface area contributed by atoms with E-state index in [1.165, 1.54) is 0 Å². The van der Waals surface area contributed by atoms with Gasteiger partial charge in [-0.05, 0) is 40.8 Å². The van der Waals surface area contributed by atoms with Crippen LogP contribution >= 0.6 is 34.2 Å². The normalized spacial score (nSPS) is 23.7. The molecule has 1 aromatic carbocycles. The lowest BCUT2D eigenvalue weighted by atomic mass is 10.0. The minimum atomic E-state index is -0.276. The first-order valence-corrected chi connectivity index (χ1v) is 6.63. The smallest absolute Gasteiger partial charge is 0.231 e. The molecule has 0 radical (unpaired) electrons. The van der Waals surface area contributed by atoms with Crippen molar-refractivity contribution in [2.24, 2.45) is 11.7 Å². The van der Waals surface area contributed by atoms with Gasteiger partial charge in [-0.25, -0.2) is 0 Å². The first-order valence-electron chi connectivity index (χ1n) is 5.17. The lowest BCUT2D eigenvalue weighted by molar-refractivity contribution is -0.120. The monoisotopic (exact) mass is 366 g/mol. The molecule has 2 atom stereocenters. The Morgan fingerprint density at radius 3 is 2.88 bits per heavy atom. The Morgan fingerprint density at radius 1 is 1.53 bits per heavy atom. The summed E-state index contributed by atoms with van der Waals surface area (Å²) in [5, 5.41) is 3.49. The Bertz CT molecular complexity index is 441. The minimum absolute atomic E-state index is 0.102. The highest BCUT2D eigenvalue weighted by atomic mass is 127. The third-order valence-corrected chi connectivity index (χ3v) is 3.78. The van der Waals surface area contributed by atoms with E-state index in [0.29, 0.717) is 18.2 Å². The third-order valence-electron chi connectivity index (χ3n) is 2.65. The molecular weight excluding hydrogens is 354 g/mol. The topological polar surface area (TPSA) is 64.3 Å². The van der Waals surface area contributed by atoms with Crippen LogP contribution in [0.4, 0.5) is 5.69 Å². The van der Waals surface area contributed by atoms with E-state index in [-0.39, 0.29) is 17.9 Å². The van der Waals surface area contributed by atoms with Gasteiger partial charge < -0.3 is 15.8 Å². The molecule has 0 saturated carbocycles. The summed E-state index contributed by atoms with van der Waals surface area (Å²) in [4.78, 5) is 12.0. The van der Waals surface area contributed by atoms with Gasteiger partial charge in [0.05, 0.1) is 24.8 Å². The molecule has 1 heterocycles. The summed E-state index contributed by atoms with van der Waals surface area (Å²) in [6.07, 6.45) is 0. The molecule has 3 N–H and O–H groups in total. The Labute approximate surface area is 118 Å². The fourth-order valence-electron chi connectivity index (χ4n) is 1.66. The molecule has 1 saturated heterocycles. The van der Waals surface area contributed by atoms with Crippen LogP contribution < -0.4 is 11.1 Å². The Hall–Kier alpha value is -0.370. The summed E-state index contributed by atoms with van der Waals surface area (Å²) in [6.45, 7) is 0.826. The second kappa shape index (κ2) is 5.51. The van der Waals surface area contributed by atoms with Gasteiger partial charge in [-0.1, -0.05) is 11.6 Å². The summed E-state index contributed by atoms with van der Waals surface area (Å²) in [5.41, 5.74) is 6.54. The third kappa shape index (κ3) is 3.09. The second-order valence-electron chi connectivity index (χ2n) is 3.92. The molecule has 0 spiro atoms. The summed E-state index contributed by atoms with van der Waals surface area (Å²) >= 11 is 7.97. The van der Waals surface area contributed by atoms with Crippen LogP contribution in [0.2, 0.25) is 5.02 Å². The Morgan fingerprint density at radius 2 is 2.29 bits per heavy atom. The van der Waals surface area contributed by atoms with Crippen LogP contribution in [0.5, 0.6) is 0 Å². The van der Waals surface area contributed by atoms with E-state index in [0.717, 1.165) is 9.26 Å². The Balaban J connectivity index is 2.07. The second-order valence-corrected chi connectivity index (χ2v) is 5.52. The number of nitrogens with one attached hydrogen (secondary N) is 1.